The molecule has 1 amide bonds. The van der Waals surface area contributed by atoms with E-state index in [4.69, 9.17) is 5.11 Å². The Hall–Kier alpha value is -1.00. The van der Waals surface area contributed by atoms with Gasteiger partial charge < -0.3 is 10.0 Å². The van der Waals surface area contributed by atoms with Gasteiger partial charge in [-0.05, 0) is 31.9 Å². The van der Waals surface area contributed by atoms with Crippen molar-refractivity contribution in [3.63, 3.8) is 0 Å². The van der Waals surface area contributed by atoms with Crippen molar-refractivity contribution in [2.75, 3.05) is 18.9 Å². The summed E-state index contributed by atoms with van der Waals surface area (Å²) in [6.07, 6.45) is 2.74. The van der Waals surface area contributed by atoms with E-state index < -0.39 is 0 Å². The molecule has 1 aromatic carbocycles. The number of benzene rings is 1. The third-order valence-corrected chi connectivity index (χ3v) is 4.27. The van der Waals surface area contributed by atoms with Gasteiger partial charge in [0.1, 0.15) is 0 Å². The summed E-state index contributed by atoms with van der Waals surface area (Å²) in [7, 11) is 0. The van der Waals surface area contributed by atoms with Crippen molar-refractivity contribution in [3.8, 4) is 0 Å². The molecule has 0 radical (unpaired) electrons. The Bertz CT molecular complexity index is 415. The Morgan fingerprint density at radius 3 is 2.63 bits per heavy atom. The number of hydrogen-bond donors (Lipinski definition) is 1. The van der Waals surface area contributed by atoms with Gasteiger partial charge in [0, 0.05) is 29.7 Å². The van der Waals surface area contributed by atoms with E-state index in [-0.39, 0.29) is 12.5 Å². The summed E-state index contributed by atoms with van der Waals surface area (Å²) >= 11 is 1.72. The summed E-state index contributed by atoms with van der Waals surface area (Å²) in [6.45, 7) is 2.62. The first-order chi connectivity index (χ1) is 9.20. The molecule has 0 unspecified atom stereocenters. The highest BCUT2D eigenvalue weighted by molar-refractivity contribution is 7.99. The molecular formula is C15H21NO2S. The zero-order chi connectivity index (χ0) is 13.7. The normalized spacial score (nSPS) is 14.4. The van der Waals surface area contributed by atoms with Crippen LogP contribution in [0.4, 0.5) is 0 Å². The molecular weight excluding hydrogens is 258 g/mol. The smallest absolute Gasteiger partial charge is 0.223 e. The van der Waals surface area contributed by atoms with Gasteiger partial charge in [-0.2, -0.15) is 0 Å². The maximum absolute atomic E-state index is 12.1. The van der Waals surface area contributed by atoms with Gasteiger partial charge in [0.25, 0.3) is 0 Å². The summed E-state index contributed by atoms with van der Waals surface area (Å²) in [4.78, 5) is 15.1. The second kappa shape index (κ2) is 6.96. The zero-order valence-corrected chi connectivity index (χ0v) is 12.2. The van der Waals surface area contributed by atoms with Crippen molar-refractivity contribution >= 4 is 17.7 Å². The van der Waals surface area contributed by atoms with Gasteiger partial charge in [0.15, 0.2) is 0 Å². The lowest BCUT2D eigenvalue weighted by Crippen LogP contribution is -2.35. The van der Waals surface area contributed by atoms with Crippen LogP contribution in [0.1, 0.15) is 24.8 Å². The number of rotatable bonds is 7. The Kier molecular flexibility index (Phi) is 5.28. The molecule has 1 fully saturated rings. The molecule has 1 aliphatic rings. The van der Waals surface area contributed by atoms with Crippen LogP contribution in [0.5, 0.6) is 0 Å². The zero-order valence-electron chi connectivity index (χ0n) is 11.3. The number of carbonyl (C=O) groups excluding carboxylic acids is 1. The fourth-order valence-electron chi connectivity index (χ4n) is 2.04. The second-order valence-corrected chi connectivity index (χ2v) is 6.12. The van der Waals surface area contributed by atoms with Crippen molar-refractivity contribution in [1.29, 1.82) is 0 Å². The van der Waals surface area contributed by atoms with Gasteiger partial charge >= 0.3 is 0 Å². The average Bonchev–Trinajstić information content (AvgIpc) is 3.22. The number of nitrogens with zero attached hydrogens (tertiary/aromatic N) is 1. The highest BCUT2D eigenvalue weighted by Gasteiger charge is 2.31. The van der Waals surface area contributed by atoms with Crippen molar-refractivity contribution < 1.29 is 9.90 Å². The van der Waals surface area contributed by atoms with Crippen LogP contribution in [0.2, 0.25) is 0 Å². The lowest BCUT2D eigenvalue weighted by atomic mass is 10.2. The third-order valence-electron chi connectivity index (χ3n) is 3.25. The Balaban J connectivity index is 1.75. The largest absolute Gasteiger partial charge is 0.395 e. The molecule has 0 heterocycles. The van der Waals surface area contributed by atoms with E-state index in [0.717, 1.165) is 18.6 Å². The molecule has 1 aromatic rings. The van der Waals surface area contributed by atoms with Crippen LogP contribution in [0.15, 0.2) is 29.2 Å². The molecule has 0 atom stereocenters. The Morgan fingerprint density at radius 1 is 1.37 bits per heavy atom. The van der Waals surface area contributed by atoms with Crippen LogP contribution < -0.4 is 0 Å². The van der Waals surface area contributed by atoms with E-state index in [0.29, 0.717) is 19.0 Å². The van der Waals surface area contributed by atoms with Gasteiger partial charge in [-0.15, -0.1) is 11.8 Å². The first-order valence-corrected chi connectivity index (χ1v) is 7.79. The maximum Gasteiger partial charge on any atom is 0.223 e. The number of carbonyl (C=O) groups is 1. The van der Waals surface area contributed by atoms with Gasteiger partial charge in [-0.25, -0.2) is 0 Å². The summed E-state index contributed by atoms with van der Waals surface area (Å²) in [6, 6.07) is 8.76. The third kappa shape index (κ3) is 4.55. The molecule has 0 aromatic heterocycles. The molecule has 0 bridgehead atoms. The van der Waals surface area contributed by atoms with E-state index >= 15 is 0 Å². The predicted molar refractivity (Wildman–Crippen MR) is 78.3 cm³/mol. The van der Waals surface area contributed by atoms with Crippen LogP contribution in [0.3, 0.4) is 0 Å². The molecule has 4 heteroatoms. The van der Waals surface area contributed by atoms with Gasteiger partial charge in [0.2, 0.25) is 5.91 Å². The minimum absolute atomic E-state index is 0.0628. The number of amides is 1. The van der Waals surface area contributed by atoms with Crippen LogP contribution in [0.25, 0.3) is 0 Å². The number of aryl methyl sites for hydroxylation is 1. The molecule has 3 nitrogen and oxygen atoms in total. The van der Waals surface area contributed by atoms with E-state index in [1.165, 1.54) is 10.5 Å². The van der Waals surface area contributed by atoms with Crippen molar-refractivity contribution in [2.45, 2.75) is 37.1 Å². The summed E-state index contributed by atoms with van der Waals surface area (Å²) < 4.78 is 0. The van der Waals surface area contributed by atoms with Crippen LogP contribution in [0, 0.1) is 6.92 Å². The summed E-state index contributed by atoms with van der Waals surface area (Å²) in [5.74, 6) is 0.979. The fourth-order valence-corrected chi connectivity index (χ4v) is 2.88. The first kappa shape index (κ1) is 14.4. The van der Waals surface area contributed by atoms with E-state index in [9.17, 15) is 4.79 Å². The van der Waals surface area contributed by atoms with Crippen molar-refractivity contribution in [3.05, 3.63) is 29.8 Å². The highest BCUT2D eigenvalue weighted by Crippen LogP contribution is 2.27. The summed E-state index contributed by atoms with van der Waals surface area (Å²) in [5, 5.41) is 8.99. The Morgan fingerprint density at radius 2 is 2.05 bits per heavy atom. The lowest BCUT2D eigenvalue weighted by molar-refractivity contribution is -0.131. The molecule has 19 heavy (non-hydrogen) atoms. The van der Waals surface area contributed by atoms with Crippen LogP contribution in [-0.2, 0) is 4.79 Å². The monoisotopic (exact) mass is 279 g/mol. The van der Waals surface area contributed by atoms with Gasteiger partial charge in [-0.1, -0.05) is 17.7 Å². The van der Waals surface area contributed by atoms with E-state index in [1.807, 2.05) is 4.90 Å². The molecule has 0 spiro atoms. The minimum Gasteiger partial charge on any atom is -0.395 e. The van der Waals surface area contributed by atoms with Crippen molar-refractivity contribution in [1.82, 2.24) is 4.90 Å². The number of aliphatic hydroxyl groups excluding tert-OH is 1. The minimum atomic E-state index is 0.0628. The second-order valence-electron chi connectivity index (χ2n) is 4.95. The lowest BCUT2D eigenvalue weighted by Gasteiger charge is -2.21. The van der Waals surface area contributed by atoms with E-state index in [2.05, 4.69) is 31.2 Å². The fraction of sp³-hybridized carbons (Fsp3) is 0.533. The highest BCUT2D eigenvalue weighted by atomic mass is 32.2. The quantitative estimate of drug-likeness (QED) is 0.779. The first-order valence-electron chi connectivity index (χ1n) is 6.80. The van der Waals surface area contributed by atoms with Crippen LogP contribution >= 0.6 is 11.8 Å². The number of hydrogen-bond acceptors (Lipinski definition) is 3. The molecule has 1 aliphatic carbocycles. The molecule has 2 rings (SSSR count). The maximum atomic E-state index is 12.1. The van der Waals surface area contributed by atoms with Crippen molar-refractivity contribution in [2.24, 2.45) is 0 Å². The molecule has 104 valence electrons. The molecule has 0 aliphatic heterocycles. The number of thioether (sulfide) groups is 1. The predicted octanol–water partition coefficient (Wildman–Crippen LogP) is 2.46. The van der Waals surface area contributed by atoms with E-state index in [1.54, 1.807) is 11.8 Å². The topological polar surface area (TPSA) is 40.5 Å². The average molecular weight is 279 g/mol. The SMILES string of the molecule is Cc1ccc(SCCC(=O)N(CCO)C2CC2)cc1. The molecule has 1 saturated carbocycles. The summed E-state index contributed by atoms with van der Waals surface area (Å²) in [5.41, 5.74) is 1.25. The molecule has 0 saturated heterocycles. The van der Waals surface area contributed by atoms with Gasteiger partial charge in [-0.3, -0.25) is 4.79 Å². The van der Waals surface area contributed by atoms with Gasteiger partial charge in [0.05, 0.1) is 6.61 Å². The standard InChI is InChI=1S/C15H21NO2S/c1-12-2-6-14(7-3-12)19-11-8-15(18)16(9-10-17)13-4-5-13/h2-3,6-7,13,17H,4-5,8-11H2,1H3. The van der Waals surface area contributed by atoms with Crippen LogP contribution in [-0.4, -0.2) is 40.9 Å². The Labute approximate surface area is 119 Å². The molecule has 1 N–H and O–H groups in total. The number of aliphatic hydroxyl groups is 1.